The van der Waals surface area contributed by atoms with Gasteiger partial charge >= 0.3 is 0 Å². The molecule has 2 fully saturated rings. The smallest absolute Gasteiger partial charge is 0.0822 e. The Kier molecular flexibility index (Phi) is 5.34. The molecule has 0 radical (unpaired) electrons. The number of likely N-dealkylation sites (N-methyl/N-ethyl adjacent to an activating group) is 1. The van der Waals surface area contributed by atoms with Crippen molar-refractivity contribution in [3.63, 3.8) is 0 Å². The van der Waals surface area contributed by atoms with Crippen LogP contribution in [0.3, 0.4) is 0 Å². The van der Waals surface area contributed by atoms with Crippen molar-refractivity contribution in [2.24, 2.45) is 0 Å². The number of benzene rings is 1. The van der Waals surface area contributed by atoms with E-state index < -0.39 is 0 Å². The van der Waals surface area contributed by atoms with Crippen LogP contribution in [-0.4, -0.2) is 78.3 Å². The fourth-order valence-electron chi connectivity index (χ4n) is 3.67. The molecule has 0 aromatic heterocycles. The van der Waals surface area contributed by atoms with Crippen molar-refractivity contribution in [3.8, 4) is 12.3 Å². The van der Waals surface area contributed by atoms with Gasteiger partial charge in [-0.1, -0.05) is 18.1 Å². The molecule has 124 valence electrons. The number of terminal acetylenes is 1. The average Bonchev–Trinajstić information content (AvgIpc) is 2.57. The normalized spacial score (nSPS) is 27.7. The van der Waals surface area contributed by atoms with Crippen molar-refractivity contribution >= 4 is 0 Å². The highest BCUT2D eigenvalue weighted by molar-refractivity contribution is 5.34. The zero-order valence-electron chi connectivity index (χ0n) is 14.0. The molecule has 4 heteroatoms. The summed E-state index contributed by atoms with van der Waals surface area (Å²) in [5.41, 5.74) is 2.18. The number of nitrogens with zero attached hydrogens (tertiary/aromatic N) is 3. The van der Waals surface area contributed by atoms with Crippen molar-refractivity contribution < 1.29 is 5.11 Å². The largest absolute Gasteiger partial charge is 0.390 e. The lowest BCUT2D eigenvalue weighted by atomic mass is 9.98. The number of likely N-dealkylation sites (tertiary alicyclic amines) is 1. The van der Waals surface area contributed by atoms with Crippen LogP contribution in [0.1, 0.15) is 17.5 Å². The number of aliphatic hydroxyl groups excluding tert-OH is 1. The van der Waals surface area contributed by atoms with E-state index in [1.165, 1.54) is 5.56 Å². The summed E-state index contributed by atoms with van der Waals surface area (Å²) >= 11 is 0. The first-order valence-corrected chi connectivity index (χ1v) is 8.54. The maximum absolute atomic E-state index is 10.6. The SMILES string of the molecule is C#Cc1ccc(CN2CC[C@@H](N3CCN(C)CC3)[C@H](O)C2)cc1. The maximum Gasteiger partial charge on any atom is 0.0822 e. The second kappa shape index (κ2) is 7.46. The molecular weight excluding hydrogens is 286 g/mol. The highest BCUT2D eigenvalue weighted by Crippen LogP contribution is 2.20. The second-order valence-electron chi connectivity index (χ2n) is 6.84. The first-order valence-electron chi connectivity index (χ1n) is 8.54. The third-order valence-corrected chi connectivity index (χ3v) is 5.16. The Balaban J connectivity index is 1.52. The number of hydrogen-bond acceptors (Lipinski definition) is 4. The van der Waals surface area contributed by atoms with E-state index in [2.05, 4.69) is 39.8 Å². The van der Waals surface area contributed by atoms with Crippen LogP contribution >= 0.6 is 0 Å². The summed E-state index contributed by atoms with van der Waals surface area (Å²) in [6.45, 7) is 7.05. The van der Waals surface area contributed by atoms with Gasteiger partial charge in [0.15, 0.2) is 0 Å². The summed E-state index contributed by atoms with van der Waals surface area (Å²) < 4.78 is 0. The van der Waals surface area contributed by atoms with Crippen LogP contribution in [0.2, 0.25) is 0 Å². The lowest BCUT2D eigenvalue weighted by Crippen LogP contribution is -2.58. The molecule has 2 aliphatic rings. The minimum Gasteiger partial charge on any atom is -0.390 e. The van der Waals surface area contributed by atoms with Gasteiger partial charge < -0.3 is 10.0 Å². The molecule has 2 atom stereocenters. The Labute approximate surface area is 139 Å². The summed E-state index contributed by atoms with van der Waals surface area (Å²) in [4.78, 5) is 7.18. The number of rotatable bonds is 3. The van der Waals surface area contributed by atoms with E-state index in [4.69, 9.17) is 6.42 Å². The van der Waals surface area contributed by atoms with Crippen LogP contribution in [0.15, 0.2) is 24.3 Å². The lowest BCUT2D eigenvalue weighted by molar-refractivity contribution is -0.0286. The van der Waals surface area contributed by atoms with E-state index in [1.807, 2.05) is 12.1 Å². The molecule has 0 spiro atoms. The summed E-state index contributed by atoms with van der Waals surface area (Å²) in [5.74, 6) is 2.65. The van der Waals surface area contributed by atoms with E-state index in [9.17, 15) is 5.11 Å². The highest BCUT2D eigenvalue weighted by Gasteiger charge is 2.33. The van der Waals surface area contributed by atoms with Gasteiger partial charge in [0.1, 0.15) is 0 Å². The van der Waals surface area contributed by atoms with Gasteiger partial charge in [-0.15, -0.1) is 6.42 Å². The third kappa shape index (κ3) is 4.13. The topological polar surface area (TPSA) is 30.0 Å². The standard InChI is InChI=1S/C19H27N3O/c1-3-16-4-6-17(7-5-16)14-21-9-8-18(19(23)15-21)22-12-10-20(2)11-13-22/h1,4-7,18-19,23H,8-15H2,2H3/t18-,19-/m1/s1. The first-order chi connectivity index (χ1) is 11.2. The van der Waals surface area contributed by atoms with Crippen LogP contribution in [0, 0.1) is 12.3 Å². The monoisotopic (exact) mass is 313 g/mol. The van der Waals surface area contributed by atoms with Gasteiger partial charge in [-0.3, -0.25) is 9.80 Å². The Hall–Kier alpha value is -1.38. The Morgan fingerprint density at radius 3 is 2.43 bits per heavy atom. The Morgan fingerprint density at radius 1 is 1.13 bits per heavy atom. The number of β-amino-alcohol motifs (C(OH)–C–C–N with tert-alkyl or cyclic N) is 1. The molecule has 4 nitrogen and oxygen atoms in total. The van der Waals surface area contributed by atoms with E-state index in [1.54, 1.807) is 0 Å². The first kappa shape index (κ1) is 16.5. The molecule has 1 N–H and O–H groups in total. The quantitative estimate of drug-likeness (QED) is 0.838. The van der Waals surface area contributed by atoms with Crippen LogP contribution in [0.5, 0.6) is 0 Å². The molecule has 3 rings (SSSR count). The summed E-state index contributed by atoms with van der Waals surface area (Å²) in [6.07, 6.45) is 6.19. The molecule has 0 aliphatic carbocycles. The number of piperazine rings is 1. The summed E-state index contributed by atoms with van der Waals surface area (Å²) in [5, 5.41) is 10.6. The minimum absolute atomic E-state index is 0.253. The highest BCUT2D eigenvalue weighted by atomic mass is 16.3. The number of piperidine rings is 1. The van der Waals surface area contributed by atoms with Gasteiger partial charge in [-0.25, -0.2) is 0 Å². The van der Waals surface area contributed by atoms with Crippen molar-refractivity contribution in [1.29, 1.82) is 0 Å². The number of hydrogen-bond donors (Lipinski definition) is 1. The Bertz CT molecular complexity index is 543. The molecule has 0 unspecified atom stereocenters. The maximum atomic E-state index is 10.6. The van der Waals surface area contributed by atoms with Crippen molar-refractivity contribution in [3.05, 3.63) is 35.4 Å². The van der Waals surface area contributed by atoms with Gasteiger partial charge in [0, 0.05) is 57.4 Å². The molecule has 0 bridgehead atoms. The third-order valence-electron chi connectivity index (χ3n) is 5.16. The number of aliphatic hydroxyl groups is 1. The molecule has 2 aliphatic heterocycles. The molecular formula is C19H27N3O. The molecule has 1 aromatic carbocycles. The predicted molar refractivity (Wildman–Crippen MR) is 93.1 cm³/mol. The fourth-order valence-corrected chi connectivity index (χ4v) is 3.67. The minimum atomic E-state index is -0.253. The van der Waals surface area contributed by atoms with Crippen molar-refractivity contribution in [2.75, 3.05) is 46.3 Å². The van der Waals surface area contributed by atoms with Crippen molar-refractivity contribution in [1.82, 2.24) is 14.7 Å². The molecule has 1 aromatic rings. The zero-order valence-corrected chi connectivity index (χ0v) is 14.0. The van der Waals surface area contributed by atoms with Crippen LogP contribution < -0.4 is 0 Å². The van der Waals surface area contributed by atoms with Crippen LogP contribution in [-0.2, 0) is 6.54 Å². The predicted octanol–water partition coefficient (Wildman–Crippen LogP) is 0.851. The van der Waals surface area contributed by atoms with Crippen LogP contribution in [0.4, 0.5) is 0 Å². The summed E-state index contributed by atoms with van der Waals surface area (Å²) in [7, 11) is 2.17. The molecule has 0 saturated carbocycles. The molecule has 0 amide bonds. The molecule has 23 heavy (non-hydrogen) atoms. The van der Waals surface area contributed by atoms with Gasteiger partial charge in [-0.2, -0.15) is 0 Å². The van der Waals surface area contributed by atoms with Gasteiger partial charge in [-0.05, 0) is 31.2 Å². The van der Waals surface area contributed by atoms with Gasteiger partial charge in [0.05, 0.1) is 6.10 Å². The molecule has 2 saturated heterocycles. The average molecular weight is 313 g/mol. The van der Waals surface area contributed by atoms with Crippen LogP contribution in [0.25, 0.3) is 0 Å². The van der Waals surface area contributed by atoms with E-state index in [0.29, 0.717) is 6.04 Å². The lowest BCUT2D eigenvalue weighted by Gasteiger charge is -2.44. The fraction of sp³-hybridized carbons (Fsp3) is 0.579. The van der Waals surface area contributed by atoms with E-state index >= 15 is 0 Å². The molecule has 2 heterocycles. The van der Waals surface area contributed by atoms with E-state index in [0.717, 1.165) is 57.8 Å². The second-order valence-corrected chi connectivity index (χ2v) is 6.84. The summed E-state index contributed by atoms with van der Waals surface area (Å²) in [6, 6.07) is 8.48. The van der Waals surface area contributed by atoms with Gasteiger partial charge in [0.25, 0.3) is 0 Å². The Morgan fingerprint density at radius 2 is 1.83 bits per heavy atom. The zero-order chi connectivity index (χ0) is 16.2. The van der Waals surface area contributed by atoms with Crippen molar-refractivity contribution in [2.45, 2.75) is 25.1 Å². The van der Waals surface area contributed by atoms with Gasteiger partial charge in [0.2, 0.25) is 0 Å². The van der Waals surface area contributed by atoms with E-state index in [-0.39, 0.29) is 6.10 Å².